The van der Waals surface area contributed by atoms with Crippen molar-refractivity contribution in [1.29, 1.82) is 0 Å². The molecule has 0 aromatic carbocycles. The molecule has 4 rings (SSSR count). The molecule has 2 fully saturated rings. The van der Waals surface area contributed by atoms with Crippen molar-refractivity contribution in [1.82, 2.24) is 14.2 Å². The lowest BCUT2D eigenvalue weighted by molar-refractivity contribution is 0.0626. The number of carbonyl (C=O) groups is 1. The summed E-state index contributed by atoms with van der Waals surface area (Å²) in [5, 5.41) is 0.651. The molecule has 0 radical (unpaired) electrons. The molecule has 3 aliphatic rings. The highest BCUT2D eigenvalue weighted by Crippen LogP contribution is 2.41. The highest BCUT2D eigenvalue weighted by Gasteiger charge is 2.42. The third kappa shape index (κ3) is 3.43. The zero-order valence-corrected chi connectivity index (χ0v) is 17.1. The van der Waals surface area contributed by atoms with E-state index in [0.29, 0.717) is 16.8 Å². The molecule has 0 bridgehead atoms. The van der Waals surface area contributed by atoms with Gasteiger partial charge in [-0.15, -0.1) is 11.3 Å². The number of hydrogen-bond acceptors (Lipinski definition) is 5. The van der Waals surface area contributed by atoms with Gasteiger partial charge < -0.3 is 4.90 Å². The fourth-order valence-corrected chi connectivity index (χ4v) is 6.62. The molecule has 2 aliphatic carbocycles. The summed E-state index contributed by atoms with van der Waals surface area (Å²) in [5.74, 6) is 0.997. The Morgan fingerprint density at radius 3 is 2.69 bits per heavy atom. The second-order valence-electron chi connectivity index (χ2n) is 8.06. The Balaban J connectivity index is 1.43. The maximum absolute atomic E-state index is 12.9. The Hall–Kier alpha value is -0.990. The van der Waals surface area contributed by atoms with Crippen LogP contribution in [0.1, 0.15) is 52.5 Å². The summed E-state index contributed by atoms with van der Waals surface area (Å²) in [6, 6.07) is 0.0715. The Kier molecular flexibility index (Phi) is 4.86. The molecule has 1 saturated carbocycles. The normalized spacial score (nSPS) is 28.9. The number of sulfonamides is 1. The van der Waals surface area contributed by atoms with Gasteiger partial charge in [0.1, 0.15) is 0 Å². The van der Waals surface area contributed by atoms with E-state index in [9.17, 15) is 13.2 Å². The maximum Gasteiger partial charge on any atom is 0.282 e. The lowest BCUT2D eigenvalue weighted by atomic mass is 9.89. The number of amides is 1. The number of likely N-dealkylation sites (tertiary alicyclic amines) is 1. The number of piperidine rings is 1. The van der Waals surface area contributed by atoms with Gasteiger partial charge in [0.15, 0.2) is 5.01 Å². The van der Waals surface area contributed by atoms with E-state index in [1.165, 1.54) is 28.3 Å². The van der Waals surface area contributed by atoms with E-state index in [4.69, 9.17) is 0 Å². The minimum atomic E-state index is -3.16. The van der Waals surface area contributed by atoms with Gasteiger partial charge in [-0.05, 0) is 56.8 Å². The molecule has 1 saturated heterocycles. The maximum atomic E-state index is 12.9. The van der Waals surface area contributed by atoms with Crippen LogP contribution in [0.4, 0.5) is 0 Å². The topological polar surface area (TPSA) is 70.6 Å². The van der Waals surface area contributed by atoms with Crippen molar-refractivity contribution in [3.8, 4) is 0 Å². The molecule has 2 heterocycles. The first-order valence-corrected chi connectivity index (χ1v) is 12.2. The van der Waals surface area contributed by atoms with Crippen LogP contribution in [0.15, 0.2) is 0 Å². The average Bonchev–Trinajstić information content (AvgIpc) is 3.22. The summed E-state index contributed by atoms with van der Waals surface area (Å²) in [4.78, 5) is 20.8. The summed E-state index contributed by atoms with van der Waals surface area (Å²) < 4.78 is 25.2. The molecule has 0 spiro atoms. The van der Waals surface area contributed by atoms with Crippen LogP contribution < -0.4 is 0 Å². The van der Waals surface area contributed by atoms with Crippen LogP contribution in [0.2, 0.25) is 0 Å². The van der Waals surface area contributed by atoms with Gasteiger partial charge in [-0.3, -0.25) is 4.79 Å². The van der Waals surface area contributed by atoms with Gasteiger partial charge >= 0.3 is 0 Å². The van der Waals surface area contributed by atoms with Crippen molar-refractivity contribution in [3.05, 3.63) is 15.6 Å². The summed E-state index contributed by atoms with van der Waals surface area (Å²) in [6.07, 6.45) is 8.45. The Labute approximate surface area is 159 Å². The molecule has 8 heteroatoms. The summed E-state index contributed by atoms with van der Waals surface area (Å²) in [5.41, 5.74) is 1.13. The van der Waals surface area contributed by atoms with Crippen molar-refractivity contribution in [3.63, 3.8) is 0 Å². The summed E-state index contributed by atoms with van der Waals surface area (Å²) >= 11 is 1.58. The first-order chi connectivity index (χ1) is 12.3. The minimum absolute atomic E-state index is 0.0715. The molecule has 144 valence electrons. The molecular weight excluding hydrogens is 370 g/mol. The third-order valence-corrected chi connectivity index (χ3v) is 8.88. The van der Waals surface area contributed by atoms with Crippen LogP contribution in [0.5, 0.6) is 0 Å². The van der Waals surface area contributed by atoms with Gasteiger partial charge in [0, 0.05) is 31.1 Å². The van der Waals surface area contributed by atoms with Crippen LogP contribution in [0, 0.1) is 11.8 Å². The molecule has 1 amide bonds. The van der Waals surface area contributed by atoms with Crippen molar-refractivity contribution in [2.45, 2.75) is 51.0 Å². The van der Waals surface area contributed by atoms with Gasteiger partial charge in [-0.1, -0.05) is 0 Å². The summed E-state index contributed by atoms with van der Waals surface area (Å²) in [6.45, 7) is 1.50. The van der Waals surface area contributed by atoms with Crippen molar-refractivity contribution in [2.24, 2.45) is 11.8 Å². The number of carbonyl (C=O) groups excluding carboxylic acids is 1. The Morgan fingerprint density at radius 2 is 1.96 bits per heavy atom. The zero-order chi connectivity index (χ0) is 18.5. The minimum Gasteiger partial charge on any atom is -0.336 e. The van der Waals surface area contributed by atoms with Gasteiger partial charge in [0.2, 0.25) is 10.0 Å². The van der Waals surface area contributed by atoms with Crippen molar-refractivity contribution < 1.29 is 13.2 Å². The quantitative estimate of drug-likeness (QED) is 0.784. The van der Waals surface area contributed by atoms with E-state index in [-0.39, 0.29) is 11.9 Å². The molecule has 3 atom stereocenters. The van der Waals surface area contributed by atoms with E-state index in [0.717, 1.165) is 50.9 Å². The van der Waals surface area contributed by atoms with Crippen LogP contribution in [-0.4, -0.2) is 60.9 Å². The molecule has 0 unspecified atom stereocenters. The van der Waals surface area contributed by atoms with Gasteiger partial charge in [0.25, 0.3) is 5.91 Å². The molecular formula is C18H27N3O3S2. The third-order valence-electron chi connectivity index (χ3n) is 6.39. The predicted octanol–water partition coefficient (Wildman–Crippen LogP) is 2.15. The highest BCUT2D eigenvalue weighted by atomic mass is 32.2. The number of thiazole rings is 1. The van der Waals surface area contributed by atoms with Crippen LogP contribution in [0.3, 0.4) is 0 Å². The standard InChI is InChI=1S/C18H27N3O3S2/c1-20(26(2,23)24)14-9-12-7-8-21(11-13(12)10-14)18(22)17-19-15-5-3-4-6-16(15)25-17/h12-14H,3-11H2,1-2H3/t12-,13-,14+/m1/s1. The van der Waals surface area contributed by atoms with Gasteiger partial charge in [0.05, 0.1) is 11.9 Å². The predicted molar refractivity (Wildman–Crippen MR) is 102 cm³/mol. The highest BCUT2D eigenvalue weighted by molar-refractivity contribution is 7.88. The molecule has 0 N–H and O–H groups in total. The van der Waals surface area contributed by atoms with E-state index in [2.05, 4.69) is 4.98 Å². The van der Waals surface area contributed by atoms with Gasteiger partial charge in [-0.2, -0.15) is 0 Å². The van der Waals surface area contributed by atoms with Crippen LogP contribution >= 0.6 is 11.3 Å². The van der Waals surface area contributed by atoms with E-state index in [1.54, 1.807) is 18.4 Å². The summed E-state index contributed by atoms with van der Waals surface area (Å²) in [7, 11) is -1.48. The molecule has 26 heavy (non-hydrogen) atoms. The smallest absolute Gasteiger partial charge is 0.282 e. The molecule has 1 aromatic heterocycles. The average molecular weight is 398 g/mol. The zero-order valence-electron chi connectivity index (χ0n) is 15.5. The lowest BCUT2D eigenvalue weighted by Gasteiger charge is -2.34. The number of aromatic nitrogens is 1. The molecule has 1 aliphatic heterocycles. The second-order valence-corrected chi connectivity index (χ2v) is 11.2. The number of fused-ring (bicyclic) bond motifs is 2. The van der Waals surface area contributed by atoms with E-state index < -0.39 is 10.0 Å². The fourth-order valence-electron chi connectivity index (χ4n) is 4.78. The molecule has 1 aromatic rings. The number of rotatable bonds is 3. The van der Waals surface area contributed by atoms with Crippen LogP contribution in [0.25, 0.3) is 0 Å². The van der Waals surface area contributed by atoms with Gasteiger partial charge in [-0.25, -0.2) is 17.7 Å². The fraction of sp³-hybridized carbons (Fsp3) is 0.778. The monoisotopic (exact) mass is 397 g/mol. The van der Waals surface area contributed by atoms with E-state index >= 15 is 0 Å². The first kappa shape index (κ1) is 18.4. The molecule has 6 nitrogen and oxygen atoms in total. The Bertz CT molecular complexity index is 781. The van der Waals surface area contributed by atoms with Crippen LogP contribution in [-0.2, 0) is 22.9 Å². The Morgan fingerprint density at radius 1 is 1.23 bits per heavy atom. The number of aryl methyl sites for hydroxylation is 2. The SMILES string of the molecule is CN([C@H]1C[C@H]2CCN(C(=O)c3nc4c(s3)CCCC4)C[C@H]2C1)S(C)(=O)=O. The largest absolute Gasteiger partial charge is 0.336 e. The lowest BCUT2D eigenvalue weighted by Crippen LogP contribution is -2.42. The number of hydrogen-bond donors (Lipinski definition) is 0. The number of nitrogens with zero attached hydrogens (tertiary/aromatic N) is 3. The first-order valence-electron chi connectivity index (χ1n) is 9.54. The second kappa shape index (κ2) is 6.87. The van der Waals surface area contributed by atoms with Crippen molar-refractivity contribution >= 4 is 27.3 Å². The van der Waals surface area contributed by atoms with E-state index in [1.807, 2.05) is 4.90 Å². The van der Waals surface area contributed by atoms with Crippen molar-refractivity contribution in [2.75, 3.05) is 26.4 Å².